The Morgan fingerprint density at radius 2 is 2.26 bits per heavy atom. The van der Waals surface area contributed by atoms with Crippen molar-refractivity contribution < 1.29 is 9.53 Å². The van der Waals surface area contributed by atoms with Crippen LogP contribution in [-0.4, -0.2) is 64.6 Å². The number of amides is 1. The number of carbonyl (C=O) groups is 1. The minimum absolute atomic E-state index is 0.256. The van der Waals surface area contributed by atoms with Crippen LogP contribution in [0, 0.1) is 12.8 Å². The number of H-pyrrole nitrogens is 1. The number of nitrogens with one attached hydrogen (secondary N) is 1. The van der Waals surface area contributed by atoms with Gasteiger partial charge in [0.1, 0.15) is 0 Å². The van der Waals surface area contributed by atoms with Gasteiger partial charge in [-0.1, -0.05) is 0 Å². The molecule has 0 saturated carbocycles. The van der Waals surface area contributed by atoms with E-state index in [2.05, 4.69) is 26.7 Å². The van der Waals surface area contributed by atoms with Crippen LogP contribution in [0.4, 0.5) is 0 Å². The fourth-order valence-electron chi connectivity index (χ4n) is 3.82. The zero-order chi connectivity index (χ0) is 16.2. The monoisotopic (exact) mass is 320 g/mol. The number of carbonyl (C=O) groups excluding carboxylic acids is 1. The number of piperidine rings is 1. The summed E-state index contributed by atoms with van der Waals surface area (Å²) < 4.78 is 5.34. The highest BCUT2D eigenvalue weighted by Gasteiger charge is 2.37. The summed E-state index contributed by atoms with van der Waals surface area (Å²) in [6, 6.07) is 0.349. The Hall–Kier alpha value is -1.40. The fraction of sp³-hybridized carbons (Fsp3) is 0.765. The molecule has 0 aromatic carbocycles. The van der Waals surface area contributed by atoms with Crippen LogP contribution in [0.15, 0.2) is 6.33 Å². The number of imidazole rings is 1. The molecule has 0 unspecified atom stereocenters. The molecule has 0 spiro atoms. The number of hydrogen-bond acceptors (Lipinski definition) is 4. The maximum Gasteiger partial charge on any atom is 0.225 e. The van der Waals surface area contributed by atoms with E-state index < -0.39 is 0 Å². The van der Waals surface area contributed by atoms with Crippen LogP contribution in [0.3, 0.4) is 0 Å². The molecule has 1 aromatic rings. The molecule has 0 aliphatic carbocycles. The summed E-state index contributed by atoms with van der Waals surface area (Å²) in [4.78, 5) is 24.7. The Labute approximate surface area is 138 Å². The van der Waals surface area contributed by atoms with E-state index in [4.69, 9.17) is 4.74 Å². The number of hydrogen-bond donors (Lipinski definition) is 1. The highest BCUT2D eigenvalue weighted by molar-refractivity contribution is 5.76. The second-order valence-electron chi connectivity index (χ2n) is 6.76. The Balaban J connectivity index is 1.61. The minimum Gasteiger partial charge on any atom is -0.381 e. The average molecular weight is 320 g/mol. The summed E-state index contributed by atoms with van der Waals surface area (Å²) in [5.74, 6) is 0.843. The summed E-state index contributed by atoms with van der Waals surface area (Å²) in [7, 11) is 0. The van der Waals surface area contributed by atoms with Crippen LogP contribution in [0.1, 0.15) is 37.6 Å². The summed E-state index contributed by atoms with van der Waals surface area (Å²) >= 11 is 0. The number of rotatable bonds is 6. The first-order chi connectivity index (χ1) is 11.2. The molecule has 1 N–H and O–H groups in total. The van der Waals surface area contributed by atoms with Crippen molar-refractivity contribution in [3.8, 4) is 0 Å². The van der Waals surface area contributed by atoms with Gasteiger partial charge in [-0.2, -0.15) is 0 Å². The molecule has 6 heteroatoms. The first-order valence-electron chi connectivity index (χ1n) is 8.75. The highest BCUT2D eigenvalue weighted by atomic mass is 16.5. The van der Waals surface area contributed by atoms with Crippen molar-refractivity contribution in [1.82, 2.24) is 19.8 Å². The van der Waals surface area contributed by atoms with Crippen molar-refractivity contribution in [1.29, 1.82) is 0 Å². The summed E-state index contributed by atoms with van der Waals surface area (Å²) in [5.41, 5.74) is 2.27. The summed E-state index contributed by atoms with van der Waals surface area (Å²) in [6.07, 6.45) is 4.63. The number of aryl methyl sites for hydroxylation is 1. The number of aromatic nitrogens is 2. The molecule has 1 aromatic heterocycles. The SMILES string of the molecule is CCOCCC(=O)N1C[C@H]2CC[C@@H]1CN(Cc1nc[nH]c1C)C2. The molecule has 2 atom stereocenters. The van der Waals surface area contributed by atoms with Crippen molar-refractivity contribution in [2.45, 2.75) is 45.7 Å². The van der Waals surface area contributed by atoms with Crippen LogP contribution in [0.25, 0.3) is 0 Å². The lowest BCUT2D eigenvalue weighted by atomic mass is 9.95. The first kappa shape index (κ1) is 16.5. The predicted molar refractivity (Wildman–Crippen MR) is 87.9 cm³/mol. The van der Waals surface area contributed by atoms with Gasteiger partial charge >= 0.3 is 0 Å². The van der Waals surface area contributed by atoms with E-state index in [1.807, 2.05) is 6.92 Å². The standard InChI is InChI=1S/C17H28N4O2/c1-3-23-7-6-17(22)21-9-14-4-5-15(21)10-20(8-14)11-16-13(2)18-12-19-16/h12,14-15H,3-11H2,1-2H3,(H,18,19)/t14-,15+/m0/s1. The molecule has 3 saturated heterocycles. The van der Waals surface area contributed by atoms with Gasteiger partial charge in [0, 0.05) is 44.5 Å². The molecule has 23 heavy (non-hydrogen) atoms. The Bertz CT molecular complexity index is 530. The largest absolute Gasteiger partial charge is 0.381 e. The average Bonchev–Trinajstić information content (AvgIpc) is 2.75. The Morgan fingerprint density at radius 3 is 3.00 bits per heavy atom. The van der Waals surface area contributed by atoms with Gasteiger partial charge in [0.2, 0.25) is 5.91 Å². The number of nitrogens with zero attached hydrogens (tertiary/aromatic N) is 3. The van der Waals surface area contributed by atoms with E-state index in [1.54, 1.807) is 6.33 Å². The van der Waals surface area contributed by atoms with Crippen LogP contribution < -0.4 is 0 Å². The third-order valence-electron chi connectivity index (χ3n) is 5.08. The predicted octanol–water partition coefficient (Wildman–Crippen LogP) is 1.57. The molecule has 4 heterocycles. The van der Waals surface area contributed by atoms with Crippen LogP contribution >= 0.6 is 0 Å². The van der Waals surface area contributed by atoms with Crippen molar-refractivity contribution >= 4 is 5.91 Å². The molecule has 2 bridgehead atoms. The third-order valence-corrected chi connectivity index (χ3v) is 5.08. The summed E-state index contributed by atoms with van der Waals surface area (Å²) in [6.45, 7) is 9.07. The van der Waals surface area contributed by atoms with E-state index in [1.165, 1.54) is 6.42 Å². The lowest BCUT2D eigenvalue weighted by Crippen LogP contribution is -2.47. The van der Waals surface area contributed by atoms with Crippen molar-refractivity contribution in [3.63, 3.8) is 0 Å². The van der Waals surface area contributed by atoms with Crippen molar-refractivity contribution in [2.24, 2.45) is 5.92 Å². The zero-order valence-corrected chi connectivity index (χ0v) is 14.3. The van der Waals surface area contributed by atoms with Crippen LogP contribution in [-0.2, 0) is 16.1 Å². The normalized spacial score (nSPS) is 24.9. The number of ether oxygens (including phenoxy) is 1. The molecular weight excluding hydrogens is 292 g/mol. The van der Waals surface area contributed by atoms with E-state index in [-0.39, 0.29) is 5.91 Å². The molecule has 3 fully saturated rings. The lowest BCUT2D eigenvalue weighted by Gasteiger charge is -2.36. The zero-order valence-electron chi connectivity index (χ0n) is 14.3. The second kappa shape index (κ2) is 7.45. The molecule has 128 valence electrons. The Kier molecular flexibility index (Phi) is 5.33. The van der Waals surface area contributed by atoms with Gasteiger partial charge in [-0.15, -0.1) is 0 Å². The topological polar surface area (TPSA) is 61.5 Å². The van der Waals surface area contributed by atoms with E-state index in [9.17, 15) is 4.79 Å². The molecule has 0 radical (unpaired) electrons. The lowest BCUT2D eigenvalue weighted by molar-refractivity contribution is -0.136. The van der Waals surface area contributed by atoms with Crippen molar-refractivity contribution in [3.05, 3.63) is 17.7 Å². The maximum absolute atomic E-state index is 12.5. The van der Waals surface area contributed by atoms with Gasteiger partial charge in [0.05, 0.1) is 25.0 Å². The molecule has 6 nitrogen and oxygen atoms in total. The van der Waals surface area contributed by atoms with Gasteiger partial charge < -0.3 is 14.6 Å². The van der Waals surface area contributed by atoms with E-state index in [0.29, 0.717) is 31.6 Å². The highest BCUT2D eigenvalue weighted by Crippen LogP contribution is 2.29. The number of fused-ring (bicyclic) bond motifs is 4. The number of aromatic amines is 1. The van der Waals surface area contributed by atoms with Gasteiger partial charge in [-0.25, -0.2) is 4.98 Å². The third kappa shape index (κ3) is 3.93. The molecule has 4 rings (SSSR count). The molecule has 3 aliphatic rings. The second-order valence-corrected chi connectivity index (χ2v) is 6.76. The van der Waals surface area contributed by atoms with Gasteiger partial charge in [0.25, 0.3) is 0 Å². The van der Waals surface area contributed by atoms with Gasteiger partial charge in [-0.05, 0) is 32.6 Å². The summed E-state index contributed by atoms with van der Waals surface area (Å²) in [5, 5.41) is 0. The van der Waals surface area contributed by atoms with E-state index in [0.717, 1.165) is 44.0 Å². The quantitative estimate of drug-likeness (QED) is 0.808. The fourth-order valence-corrected chi connectivity index (χ4v) is 3.82. The molecular formula is C17H28N4O2. The maximum atomic E-state index is 12.5. The Morgan fingerprint density at radius 1 is 1.39 bits per heavy atom. The molecule has 3 aliphatic heterocycles. The first-order valence-corrected chi connectivity index (χ1v) is 8.75. The van der Waals surface area contributed by atoms with Crippen molar-refractivity contribution in [2.75, 3.05) is 32.8 Å². The van der Waals surface area contributed by atoms with Crippen LogP contribution in [0.5, 0.6) is 0 Å². The van der Waals surface area contributed by atoms with Gasteiger partial charge in [0.15, 0.2) is 0 Å². The smallest absolute Gasteiger partial charge is 0.225 e. The van der Waals surface area contributed by atoms with Gasteiger partial charge in [-0.3, -0.25) is 9.69 Å². The minimum atomic E-state index is 0.256. The molecule has 1 amide bonds. The van der Waals surface area contributed by atoms with E-state index >= 15 is 0 Å². The van der Waals surface area contributed by atoms with Crippen LogP contribution in [0.2, 0.25) is 0 Å².